The molecule has 2 N–H and O–H groups in total. The highest BCUT2D eigenvalue weighted by Crippen LogP contribution is 2.21. The average Bonchev–Trinajstić information content (AvgIpc) is 2.69. The van der Waals surface area contributed by atoms with Gasteiger partial charge in [0.1, 0.15) is 6.10 Å². The smallest absolute Gasteiger partial charge is 0.107 e. The molecule has 86 valence electrons. The van der Waals surface area contributed by atoms with Crippen LogP contribution in [0.5, 0.6) is 0 Å². The summed E-state index contributed by atoms with van der Waals surface area (Å²) in [5.41, 5.74) is 1.10. The molecule has 0 aliphatic carbocycles. The molecule has 1 aliphatic rings. The molecule has 1 aliphatic heterocycles. The van der Waals surface area contributed by atoms with E-state index in [2.05, 4.69) is 0 Å². The van der Waals surface area contributed by atoms with Gasteiger partial charge in [0.05, 0.1) is 18.8 Å². The van der Waals surface area contributed by atoms with Crippen molar-refractivity contribution in [3.05, 3.63) is 42.0 Å². The molecule has 1 saturated heterocycles. The lowest BCUT2D eigenvalue weighted by Gasteiger charge is -2.09. The summed E-state index contributed by atoms with van der Waals surface area (Å²) in [5.74, 6) is 0. The van der Waals surface area contributed by atoms with Crippen LogP contribution in [-0.2, 0) is 4.74 Å². The molecule has 1 fully saturated rings. The molecule has 1 unspecified atom stereocenters. The number of aliphatic hydroxyl groups excluding tert-OH is 2. The third-order valence-electron chi connectivity index (χ3n) is 2.74. The summed E-state index contributed by atoms with van der Waals surface area (Å²) in [6.45, 7) is -0.128. The number of hydrogen-bond acceptors (Lipinski definition) is 3. The molecule has 1 heterocycles. The van der Waals surface area contributed by atoms with Crippen molar-refractivity contribution in [2.45, 2.75) is 24.7 Å². The Labute approximate surface area is 95.0 Å². The Bertz CT molecular complexity index is 347. The van der Waals surface area contributed by atoms with E-state index in [4.69, 9.17) is 9.84 Å². The van der Waals surface area contributed by atoms with Gasteiger partial charge >= 0.3 is 0 Å². The molecule has 0 bridgehead atoms. The first-order valence-electron chi connectivity index (χ1n) is 5.47. The van der Waals surface area contributed by atoms with Gasteiger partial charge in [-0.15, -0.1) is 0 Å². The van der Waals surface area contributed by atoms with Crippen LogP contribution in [0.2, 0.25) is 0 Å². The van der Waals surface area contributed by atoms with Crippen LogP contribution in [0.4, 0.5) is 0 Å². The van der Waals surface area contributed by atoms with Crippen molar-refractivity contribution in [3.8, 4) is 0 Å². The first-order valence-corrected chi connectivity index (χ1v) is 5.47. The molecule has 1 aromatic carbocycles. The zero-order valence-electron chi connectivity index (χ0n) is 8.99. The standard InChI is InChI=1S/C13H16O3/c14-9-13-12(15)8-11(16-13)7-6-10-4-2-1-3-5-10/h1-7,11-15H,8-9H2/b7-6+/t11?,12-,13+/m0/s1. The first-order chi connectivity index (χ1) is 7.79. The highest BCUT2D eigenvalue weighted by molar-refractivity contribution is 5.49. The quantitative estimate of drug-likeness (QED) is 0.805. The van der Waals surface area contributed by atoms with E-state index in [0.29, 0.717) is 6.42 Å². The van der Waals surface area contributed by atoms with Gasteiger partial charge < -0.3 is 14.9 Å². The highest BCUT2D eigenvalue weighted by atomic mass is 16.5. The van der Waals surface area contributed by atoms with E-state index >= 15 is 0 Å². The summed E-state index contributed by atoms with van der Waals surface area (Å²) in [6, 6.07) is 9.92. The summed E-state index contributed by atoms with van der Waals surface area (Å²) >= 11 is 0. The van der Waals surface area contributed by atoms with Crippen LogP contribution in [0.15, 0.2) is 36.4 Å². The fraction of sp³-hybridized carbons (Fsp3) is 0.385. The Morgan fingerprint density at radius 2 is 2.06 bits per heavy atom. The van der Waals surface area contributed by atoms with Crippen molar-refractivity contribution >= 4 is 6.08 Å². The van der Waals surface area contributed by atoms with Gasteiger partial charge in [0.2, 0.25) is 0 Å². The lowest BCUT2D eigenvalue weighted by Crippen LogP contribution is -2.24. The maximum atomic E-state index is 9.54. The summed E-state index contributed by atoms with van der Waals surface area (Å²) in [7, 11) is 0. The Morgan fingerprint density at radius 3 is 2.69 bits per heavy atom. The summed E-state index contributed by atoms with van der Waals surface area (Å²) < 4.78 is 5.46. The molecule has 0 aromatic heterocycles. The minimum atomic E-state index is -0.560. The van der Waals surface area contributed by atoms with E-state index in [9.17, 15) is 5.11 Å². The zero-order chi connectivity index (χ0) is 11.4. The molecule has 0 saturated carbocycles. The van der Waals surface area contributed by atoms with E-state index in [1.54, 1.807) is 0 Å². The van der Waals surface area contributed by atoms with Crippen molar-refractivity contribution in [3.63, 3.8) is 0 Å². The maximum absolute atomic E-state index is 9.54. The second-order valence-electron chi connectivity index (χ2n) is 3.97. The lowest BCUT2D eigenvalue weighted by molar-refractivity contribution is -0.0105. The summed E-state index contributed by atoms with van der Waals surface area (Å²) in [5, 5.41) is 18.5. The van der Waals surface area contributed by atoms with E-state index in [1.165, 1.54) is 0 Å². The molecule has 3 nitrogen and oxygen atoms in total. The van der Waals surface area contributed by atoms with Gasteiger partial charge in [-0.25, -0.2) is 0 Å². The fourth-order valence-electron chi connectivity index (χ4n) is 1.83. The van der Waals surface area contributed by atoms with Crippen LogP contribution in [-0.4, -0.2) is 35.1 Å². The van der Waals surface area contributed by atoms with Crippen molar-refractivity contribution < 1.29 is 14.9 Å². The van der Waals surface area contributed by atoms with E-state index < -0.39 is 12.2 Å². The zero-order valence-corrected chi connectivity index (χ0v) is 8.99. The van der Waals surface area contributed by atoms with Gasteiger partial charge in [0, 0.05) is 6.42 Å². The third-order valence-corrected chi connectivity index (χ3v) is 2.74. The third kappa shape index (κ3) is 2.70. The molecule has 0 amide bonds. The molecule has 0 radical (unpaired) electrons. The van der Waals surface area contributed by atoms with Gasteiger partial charge in [0.15, 0.2) is 0 Å². The van der Waals surface area contributed by atoms with Gasteiger partial charge in [-0.2, -0.15) is 0 Å². The van der Waals surface area contributed by atoms with Crippen LogP contribution in [0.25, 0.3) is 6.08 Å². The predicted molar refractivity (Wildman–Crippen MR) is 61.8 cm³/mol. The first kappa shape index (κ1) is 11.3. The molecule has 3 atom stereocenters. The largest absolute Gasteiger partial charge is 0.394 e. The van der Waals surface area contributed by atoms with Gasteiger partial charge in [-0.3, -0.25) is 0 Å². The Hall–Kier alpha value is -1.16. The van der Waals surface area contributed by atoms with E-state index in [-0.39, 0.29) is 12.7 Å². The summed E-state index contributed by atoms with van der Waals surface area (Å²) in [4.78, 5) is 0. The Balaban J connectivity index is 1.94. The average molecular weight is 220 g/mol. The highest BCUT2D eigenvalue weighted by Gasteiger charge is 2.31. The minimum Gasteiger partial charge on any atom is -0.394 e. The monoisotopic (exact) mass is 220 g/mol. The van der Waals surface area contributed by atoms with Crippen LogP contribution >= 0.6 is 0 Å². The topological polar surface area (TPSA) is 49.7 Å². The van der Waals surface area contributed by atoms with E-state index in [1.807, 2.05) is 42.5 Å². The normalized spacial score (nSPS) is 30.0. The summed E-state index contributed by atoms with van der Waals surface area (Å²) in [6.07, 6.45) is 3.34. The molecular weight excluding hydrogens is 204 g/mol. The number of rotatable bonds is 3. The molecule has 2 rings (SSSR count). The van der Waals surface area contributed by atoms with Crippen LogP contribution in [0, 0.1) is 0 Å². The minimum absolute atomic E-state index is 0.104. The van der Waals surface area contributed by atoms with Crippen molar-refractivity contribution in [1.29, 1.82) is 0 Å². The maximum Gasteiger partial charge on any atom is 0.107 e. The van der Waals surface area contributed by atoms with Crippen molar-refractivity contribution in [1.82, 2.24) is 0 Å². The molecular formula is C13H16O3. The molecule has 1 aromatic rings. The number of benzene rings is 1. The van der Waals surface area contributed by atoms with Gasteiger partial charge in [0.25, 0.3) is 0 Å². The van der Waals surface area contributed by atoms with E-state index in [0.717, 1.165) is 5.56 Å². The van der Waals surface area contributed by atoms with Gasteiger partial charge in [-0.1, -0.05) is 42.5 Å². The lowest BCUT2D eigenvalue weighted by atomic mass is 10.1. The number of hydrogen-bond donors (Lipinski definition) is 2. The fourth-order valence-corrected chi connectivity index (χ4v) is 1.83. The van der Waals surface area contributed by atoms with Crippen LogP contribution < -0.4 is 0 Å². The SMILES string of the molecule is OC[C@H]1OC(/C=C/c2ccccc2)C[C@@H]1O. The number of ether oxygens (including phenoxy) is 1. The van der Waals surface area contributed by atoms with Crippen LogP contribution in [0.1, 0.15) is 12.0 Å². The van der Waals surface area contributed by atoms with Gasteiger partial charge in [-0.05, 0) is 5.56 Å². The predicted octanol–water partition coefficient (Wildman–Crippen LogP) is 1.21. The van der Waals surface area contributed by atoms with Crippen molar-refractivity contribution in [2.75, 3.05) is 6.61 Å². The molecule has 0 spiro atoms. The van der Waals surface area contributed by atoms with Crippen molar-refractivity contribution in [2.24, 2.45) is 0 Å². The number of aliphatic hydroxyl groups is 2. The Kier molecular flexibility index (Phi) is 3.72. The van der Waals surface area contributed by atoms with Crippen LogP contribution in [0.3, 0.4) is 0 Å². The Morgan fingerprint density at radius 1 is 1.31 bits per heavy atom. The second kappa shape index (κ2) is 5.25. The molecule has 16 heavy (non-hydrogen) atoms. The molecule has 3 heteroatoms. The second-order valence-corrected chi connectivity index (χ2v) is 3.97.